The van der Waals surface area contributed by atoms with Gasteiger partial charge >= 0.3 is 0 Å². The molecule has 2 heterocycles. The molecule has 1 aliphatic rings. The van der Waals surface area contributed by atoms with Crippen molar-refractivity contribution >= 4 is 11.8 Å². The number of hydrogen-bond donors (Lipinski definition) is 1. The second-order valence-corrected chi connectivity index (χ2v) is 5.63. The van der Waals surface area contributed by atoms with Gasteiger partial charge in [-0.2, -0.15) is 11.8 Å². The molecule has 1 fully saturated rings. The van der Waals surface area contributed by atoms with Crippen LogP contribution in [0.25, 0.3) is 0 Å². The zero-order chi connectivity index (χ0) is 11.4. The first-order valence-electron chi connectivity index (χ1n) is 5.99. The first-order chi connectivity index (χ1) is 7.79. The van der Waals surface area contributed by atoms with Gasteiger partial charge in [0, 0.05) is 24.1 Å². The maximum absolute atomic E-state index is 5.60. The number of nitrogens with one attached hydrogen (secondary N) is 1. The van der Waals surface area contributed by atoms with Crippen molar-refractivity contribution in [1.82, 2.24) is 10.3 Å². The van der Waals surface area contributed by atoms with E-state index in [0.29, 0.717) is 12.0 Å². The zero-order valence-electron chi connectivity index (χ0n) is 10.0. The van der Waals surface area contributed by atoms with E-state index < -0.39 is 0 Å². The van der Waals surface area contributed by atoms with E-state index in [1.165, 1.54) is 24.3 Å². The molecule has 1 aromatic heterocycles. The summed E-state index contributed by atoms with van der Waals surface area (Å²) in [5.41, 5.74) is 1.08. The Morgan fingerprint density at radius 3 is 3.25 bits per heavy atom. The van der Waals surface area contributed by atoms with Gasteiger partial charge in [0.15, 0.2) is 5.89 Å². The van der Waals surface area contributed by atoms with Crippen LogP contribution in [0, 0.1) is 0 Å². The molecule has 0 spiro atoms. The molecule has 1 aromatic rings. The van der Waals surface area contributed by atoms with Gasteiger partial charge in [-0.1, -0.05) is 0 Å². The minimum Gasteiger partial charge on any atom is -0.448 e. The highest BCUT2D eigenvalue weighted by Crippen LogP contribution is 2.30. The first-order valence-corrected chi connectivity index (χ1v) is 7.14. The van der Waals surface area contributed by atoms with E-state index in [-0.39, 0.29) is 0 Å². The van der Waals surface area contributed by atoms with Gasteiger partial charge in [-0.3, -0.25) is 0 Å². The Kier molecular flexibility index (Phi) is 4.29. The van der Waals surface area contributed by atoms with Gasteiger partial charge < -0.3 is 9.73 Å². The summed E-state index contributed by atoms with van der Waals surface area (Å²) in [4.78, 5) is 4.60. The zero-order valence-corrected chi connectivity index (χ0v) is 10.8. The van der Waals surface area contributed by atoms with Crippen LogP contribution in [-0.4, -0.2) is 29.6 Å². The lowest BCUT2D eigenvalue weighted by molar-refractivity contribution is 0.443. The van der Waals surface area contributed by atoms with Crippen LogP contribution in [0.4, 0.5) is 0 Å². The van der Waals surface area contributed by atoms with Gasteiger partial charge in [-0.05, 0) is 32.6 Å². The standard InChI is InChI=1S/C12H20N2OS/c1-9(13-2)6-11-7-15-12(14-11)10-4-3-5-16-8-10/h7,9-10,13H,3-6,8H2,1-2H3. The maximum Gasteiger partial charge on any atom is 0.198 e. The van der Waals surface area contributed by atoms with E-state index in [1.807, 2.05) is 25.1 Å². The normalized spacial score (nSPS) is 23.2. The van der Waals surface area contributed by atoms with Crippen LogP contribution in [0.15, 0.2) is 10.7 Å². The molecule has 0 radical (unpaired) electrons. The fourth-order valence-electron chi connectivity index (χ4n) is 1.96. The van der Waals surface area contributed by atoms with Crippen molar-refractivity contribution in [1.29, 1.82) is 0 Å². The van der Waals surface area contributed by atoms with Gasteiger partial charge in [0.25, 0.3) is 0 Å². The molecule has 1 aliphatic heterocycles. The van der Waals surface area contributed by atoms with Crippen molar-refractivity contribution in [3.8, 4) is 0 Å². The summed E-state index contributed by atoms with van der Waals surface area (Å²) in [5, 5.41) is 3.22. The molecule has 2 unspecified atom stereocenters. The largest absolute Gasteiger partial charge is 0.448 e. The Morgan fingerprint density at radius 1 is 1.69 bits per heavy atom. The van der Waals surface area contributed by atoms with E-state index in [4.69, 9.17) is 4.42 Å². The third kappa shape index (κ3) is 3.01. The second-order valence-electron chi connectivity index (χ2n) is 4.48. The third-order valence-electron chi connectivity index (χ3n) is 3.09. The van der Waals surface area contributed by atoms with E-state index in [9.17, 15) is 0 Å². The number of hydrogen-bond acceptors (Lipinski definition) is 4. The smallest absolute Gasteiger partial charge is 0.198 e. The van der Waals surface area contributed by atoms with Crippen molar-refractivity contribution in [3.63, 3.8) is 0 Å². The lowest BCUT2D eigenvalue weighted by Crippen LogP contribution is -2.23. The predicted octanol–water partition coefficient (Wildman–Crippen LogP) is 2.44. The van der Waals surface area contributed by atoms with Gasteiger partial charge in [-0.25, -0.2) is 4.98 Å². The monoisotopic (exact) mass is 240 g/mol. The van der Waals surface area contributed by atoms with Crippen molar-refractivity contribution < 1.29 is 4.42 Å². The predicted molar refractivity (Wildman–Crippen MR) is 68.0 cm³/mol. The van der Waals surface area contributed by atoms with Crippen molar-refractivity contribution in [3.05, 3.63) is 17.8 Å². The summed E-state index contributed by atoms with van der Waals surface area (Å²) < 4.78 is 5.60. The topological polar surface area (TPSA) is 38.1 Å². The molecule has 1 saturated heterocycles. The summed E-state index contributed by atoms with van der Waals surface area (Å²) in [7, 11) is 1.98. The minimum absolute atomic E-state index is 0.457. The molecule has 4 heteroatoms. The molecule has 0 bridgehead atoms. The highest BCUT2D eigenvalue weighted by molar-refractivity contribution is 7.99. The summed E-state index contributed by atoms with van der Waals surface area (Å²) in [6, 6.07) is 0.457. The lowest BCUT2D eigenvalue weighted by Gasteiger charge is -2.17. The fourth-order valence-corrected chi connectivity index (χ4v) is 3.09. The third-order valence-corrected chi connectivity index (χ3v) is 4.30. The molecule has 2 atom stereocenters. The Hall–Kier alpha value is -0.480. The number of rotatable bonds is 4. The summed E-state index contributed by atoms with van der Waals surface area (Å²) in [6.45, 7) is 2.16. The van der Waals surface area contributed by atoms with E-state index in [2.05, 4.69) is 17.2 Å². The SMILES string of the molecule is CNC(C)Cc1coc(C2CCCSC2)n1. The van der Waals surface area contributed by atoms with Crippen LogP contribution in [0.1, 0.15) is 37.3 Å². The Morgan fingerprint density at radius 2 is 2.56 bits per heavy atom. The highest BCUT2D eigenvalue weighted by Gasteiger charge is 2.20. The van der Waals surface area contributed by atoms with Crippen molar-refractivity contribution in [2.45, 2.75) is 38.1 Å². The molecular formula is C12H20N2OS. The van der Waals surface area contributed by atoms with Crippen molar-refractivity contribution in [2.24, 2.45) is 0 Å². The fraction of sp³-hybridized carbons (Fsp3) is 0.750. The molecule has 90 valence electrons. The van der Waals surface area contributed by atoms with Crippen LogP contribution in [0.3, 0.4) is 0 Å². The quantitative estimate of drug-likeness (QED) is 0.877. The average Bonchev–Trinajstić information content (AvgIpc) is 2.78. The lowest BCUT2D eigenvalue weighted by atomic mass is 10.1. The number of oxazole rings is 1. The minimum atomic E-state index is 0.457. The summed E-state index contributed by atoms with van der Waals surface area (Å²) >= 11 is 2.01. The van der Waals surface area contributed by atoms with E-state index >= 15 is 0 Å². The van der Waals surface area contributed by atoms with Crippen LogP contribution >= 0.6 is 11.8 Å². The second kappa shape index (κ2) is 5.73. The number of thioether (sulfide) groups is 1. The van der Waals surface area contributed by atoms with Gasteiger partial charge in [0.05, 0.1) is 5.69 Å². The molecule has 2 rings (SSSR count). The maximum atomic E-state index is 5.60. The number of aromatic nitrogens is 1. The number of nitrogens with zero attached hydrogens (tertiary/aromatic N) is 1. The first kappa shape index (κ1) is 12.0. The number of likely N-dealkylation sites (N-methyl/N-ethyl adjacent to an activating group) is 1. The van der Waals surface area contributed by atoms with Crippen molar-refractivity contribution in [2.75, 3.05) is 18.6 Å². The van der Waals surface area contributed by atoms with Crippen LogP contribution in [0.5, 0.6) is 0 Å². The molecule has 0 amide bonds. The van der Waals surface area contributed by atoms with Crippen LogP contribution in [-0.2, 0) is 6.42 Å². The van der Waals surface area contributed by atoms with E-state index in [0.717, 1.165) is 18.0 Å². The highest BCUT2D eigenvalue weighted by atomic mass is 32.2. The molecule has 3 nitrogen and oxygen atoms in total. The molecule has 1 N–H and O–H groups in total. The molecule has 16 heavy (non-hydrogen) atoms. The Balaban J connectivity index is 1.95. The van der Waals surface area contributed by atoms with Gasteiger partial charge in [0.1, 0.15) is 6.26 Å². The van der Waals surface area contributed by atoms with Gasteiger partial charge in [-0.15, -0.1) is 0 Å². The van der Waals surface area contributed by atoms with Crippen LogP contribution in [0.2, 0.25) is 0 Å². The van der Waals surface area contributed by atoms with Gasteiger partial charge in [0.2, 0.25) is 0 Å². The Labute approximate surface area is 101 Å². The summed E-state index contributed by atoms with van der Waals surface area (Å²) in [6.07, 6.45) is 5.29. The van der Waals surface area contributed by atoms with E-state index in [1.54, 1.807) is 0 Å². The molecular weight excluding hydrogens is 220 g/mol. The average molecular weight is 240 g/mol. The summed E-state index contributed by atoms with van der Waals surface area (Å²) in [5.74, 6) is 3.95. The molecule has 0 aromatic carbocycles. The van der Waals surface area contributed by atoms with Crippen LogP contribution < -0.4 is 5.32 Å². The Bertz CT molecular complexity index is 321. The molecule has 0 aliphatic carbocycles. The molecule has 0 saturated carbocycles.